The van der Waals surface area contributed by atoms with Crippen molar-refractivity contribution < 1.29 is 27.8 Å². The van der Waals surface area contributed by atoms with E-state index in [-0.39, 0.29) is 115 Å². The monoisotopic (exact) mass is 1210 g/mol. The predicted molar refractivity (Wildman–Crippen MR) is 326 cm³/mol. The van der Waals surface area contributed by atoms with Gasteiger partial charge in [0.05, 0.1) is 34.8 Å². The lowest BCUT2D eigenvalue weighted by molar-refractivity contribution is -0.127. The maximum Gasteiger partial charge on any atom is 0.355 e. The molecule has 0 saturated carbocycles. The molecule has 8 aromatic rings. The minimum atomic E-state index is -0.628. The van der Waals surface area contributed by atoms with Gasteiger partial charge in [-0.3, -0.25) is 19.2 Å². The first kappa shape index (κ1) is 58.7. The van der Waals surface area contributed by atoms with Crippen LogP contribution in [0.15, 0.2) is 105 Å². The Morgan fingerprint density at radius 2 is 0.977 bits per heavy atom. The zero-order chi connectivity index (χ0) is 61.5. The Hall–Kier alpha value is -9.02. The molecule has 24 heteroatoms. The number of pyridine rings is 4. The topological polar surface area (TPSA) is 205 Å². The van der Waals surface area contributed by atoms with Crippen molar-refractivity contribution in [3.8, 4) is 45.4 Å². The molecule has 12 rings (SSSR count). The van der Waals surface area contributed by atoms with Gasteiger partial charge in [0, 0.05) is 88.0 Å². The van der Waals surface area contributed by atoms with E-state index in [0.717, 1.165) is 0 Å². The fraction of sp³-hybridized carbons (Fsp3) is 0.323. The zero-order valence-corrected chi connectivity index (χ0v) is 50.0. The third-order valence-electron chi connectivity index (χ3n) is 16.2. The normalized spacial score (nSPS) is 16.2. The number of rotatable bonds is 8. The molecule has 86 heavy (non-hydrogen) atoms. The molecular weight excluding hydrogens is 1150 g/mol. The molecule has 0 bridgehead atoms. The average molecular weight is 1210 g/mol. The van der Waals surface area contributed by atoms with E-state index in [1.54, 1.807) is 74.1 Å². The van der Waals surface area contributed by atoms with Gasteiger partial charge in [-0.1, -0.05) is 88.3 Å². The van der Waals surface area contributed by atoms with E-state index in [2.05, 4.69) is 23.1 Å². The maximum atomic E-state index is 15.2. The molecule has 2 saturated heterocycles. The molecule has 0 aliphatic carbocycles. The Morgan fingerprint density at radius 1 is 0.605 bits per heavy atom. The molecule has 4 aliphatic heterocycles. The quantitative estimate of drug-likeness (QED) is 0.133. The number of benzene rings is 2. The first-order valence-corrected chi connectivity index (χ1v) is 28.7. The number of nitrogens with zero attached hydrogens (tertiary/aromatic N) is 12. The largest absolute Gasteiger partial charge is 0.489 e. The maximum absolute atomic E-state index is 15.2. The van der Waals surface area contributed by atoms with E-state index < -0.39 is 23.0 Å². The summed E-state index contributed by atoms with van der Waals surface area (Å²) in [6.45, 7) is 20.8. The summed E-state index contributed by atoms with van der Waals surface area (Å²) in [6, 6.07) is 14.4. The second-order valence-corrected chi connectivity index (χ2v) is 22.9. The molecule has 2 atom stereocenters. The Balaban J connectivity index is 0.000000179. The fourth-order valence-corrected chi connectivity index (χ4v) is 12.8. The highest BCUT2D eigenvalue weighted by Gasteiger charge is 2.40. The number of ether oxygens (including phenoxy) is 2. The summed E-state index contributed by atoms with van der Waals surface area (Å²) < 4.78 is 48.8. The molecule has 444 valence electrons. The molecule has 0 N–H and O–H groups in total. The summed E-state index contributed by atoms with van der Waals surface area (Å²) >= 11 is 13.9. The highest BCUT2D eigenvalue weighted by molar-refractivity contribution is 6.36. The van der Waals surface area contributed by atoms with Gasteiger partial charge in [-0.25, -0.2) is 37.5 Å². The van der Waals surface area contributed by atoms with Gasteiger partial charge >= 0.3 is 11.4 Å². The van der Waals surface area contributed by atoms with Crippen LogP contribution in [0, 0.1) is 25.5 Å². The first-order chi connectivity index (χ1) is 41.1. The first-order valence-electron chi connectivity index (χ1n) is 27.9. The molecule has 0 unspecified atom stereocenters. The van der Waals surface area contributed by atoms with Gasteiger partial charge in [-0.15, -0.1) is 0 Å². The molecule has 2 amide bonds. The average Bonchev–Trinajstić information content (AvgIpc) is 1.23. The predicted octanol–water partition coefficient (Wildman–Crippen LogP) is 7.93. The van der Waals surface area contributed by atoms with Crippen LogP contribution < -0.4 is 41.8 Å². The zero-order valence-electron chi connectivity index (χ0n) is 48.5. The lowest BCUT2D eigenvalue weighted by atomic mass is 10.0. The highest BCUT2D eigenvalue weighted by atomic mass is 35.5. The summed E-state index contributed by atoms with van der Waals surface area (Å²) in [6.07, 6.45) is 2.53. The van der Waals surface area contributed by atoms with Crippen molar-refractivity contribution in [2.75, 3.05) is 62.3 Å². The number of anilines is 2. The smallest absolute Gasteiger partial charge is 0.355 e. The Kier molecular flexibility index (Phi) is 15.5. The van der Waals surface area contributed by atoms with Crippen LogP contribution in [-0.2, 0) is 23.7 Å². The van der Waals surface area contributed by atoms with Crippen LogP contribution >= 0.6 is 23.2 Å². The van der Waals surface area contributed by atoms with E-state index >= 15 is 8.78 Å². The highest BCUT2D eigenvalue weighted by Crippen LogP contribution is 2.48. The molecule has 0 radical (unpaired) electrons. The summed E-state index contributed by atoms with van der Waals surface area (Å²) in [5.74, 6) is -0.736. The van der Waals surface area contributed by atoms with Gasteiger partial charge in [0.15, 0.2) is 22.8 Å². The minimum absolute atomic E-state index is 0.0750. The lowest BCUT2D eigenvalue weighted by Gasteiger charge is -2.40. The number of aryl methyl sites for hydroxylation is 2. The van der Waals surface area contributed by atoms with Crippen LogP contribution in [0.2, 0.25) is 10.0 Å². The van der Waals surface area contributed by atoms with E-state index in [1.165, 1.54) is 54.7 Å². The van der Waals surface area contributed by atoms with Gasteiger partial charge in [0.25, 0.3) is 11.1 Å². The Labute approximate surface area is 501 Å². The van der Waals surface area contributed by atoms with E-state index in [9.17, 15) is 28.8 Å². The molecule has 6 aromatic heterocycles. The van der Waals surface area contributed by atoms with Crippen LogP contribution in [0.1, 0.15) is 62.0 Å². The van der Waals surface area contributed by atoms with Crippen molar-refractivity contribution in [3.63, 3.8) is 0 Å². The lowest BCUT2D eigenvalue weighted by Crippen LogP contribution is -2.56. The molecule has 4 aliphatic rings. The van der Waals surface area contributed by atoms with Gasteiger partial charge in [0.1, 0.15) is 57.3 Å². The summed E-state index contributed by atoms with van der Waals surface area (Å²) in [5, 5.41) is 0.925. The number of hydrogen-bond acceptors (Lipinski definition) is 14. The van der Waals surface area contributed by atoms with Gasteiger partial charge in [0.2, 0.25) is 11.8 Å². The van der Waals surface area contributed by atoms with Crippen LogP contribution in [0.3, 0.4) is 0 Å². The number of halogens is 4. The molecule has 20 nitrogen and oxygen atoms in total. The number of fused-ring (bicyclic) bond motifs is 4. The van der Waals surface area contributed by atoms with E-state index in [4.69, 9.17) is 42.6 Å². The van der Waals surface area contributed by atoms with Gasteiger partial charge < -0.3 is 38.2 Å². The van der Waals surface area contributed by atoms with Crippen molar-refractivity contribution in [2.24, 2.45) is 14.1 Å². The van der Waals surface area contributed by atoms with Crippen LogP contribution in [0.5, 0.6) is 11.5 Å². The summed E-state index contributed by atoms with van der Waals surface area (Å²) in [5.41, 5.74) is 2.38. The third-order valence-corrected chi connectivity index (χ3v) is 16.9. The van der Waals surface area contributed by atoms with Crippen LogP contribution in [-0.4, -0.2) is 124 Å². The minimum Gasteiger partial charge on any atom is -0.489 e. The molecule has 2 aromatic carbocycles. The number of carbonyl (C=O) groups excluding carboxylic acids is 2. The summed E-state index contributed by atoms with van der Waals surface area (Å²) in [4.78, 5) is 105. The molecule has 10 heterocycles. The SMILES string of the molecule is C=CC(=O)N1CCN2c3nc(=O)n(-c4c(C)cc(=O)n(C)c4C(C)C)c4nc(-c5ccccc5F)c(Cl)c(c34)OC[C@H]2C1.C=CC(=O)N1CCN2c3nc(=O)n(-c4c(C)cc(=O)n(C)c4C(C)C)c4nc(-c5ccccc5F)c(Cl)c(c34)OC[C@H]2C1. The van der Waals surface area contributed by atoms with Crippen molar-refractivity contribution in [2.45, 2.75) is 65.5 Å². The van der Waals surface area contributed by atoms with Crippen molar-refractivity contribution in [1.82, 2.24) is 48.0 Å². The number of amides is 2. The number of piperazine rings is 2. The molecular formula is C62H60Cl2F2N12O8. The summed E-state index contributed by atoms with van der Waals surface area (Å²) in [7, 11) is 3.31. The Morgan fingerprint density at radius 3 is 1.33 bits per heavy atom. The fourth-order valence-electron chi connectivity index (χ4n) is 12.2. The van der Waals surface area contributed by atoms with Crippen LogP contribution in [0.25, 0.3) is 56.0 Å². The number of hydrogen-bond donors (Lipinski definition) is 0. The Bertz CT molecular complexity index is 4180. The van der Waals surface area contributed by atoms with Crippen molar-refractivity contribution >= 4 is 68.7 Å². The van der Waals surface area contributed by atoms with E-state index in [0.29, 0.717) is 95.6 Å². The standard InChI is InChI=1S/2C31H30ClFN6O4/c2*1-6-21(40)37-11-12-38-18(14-37)15-43-28-23-29(38)35-31(42)39(27-17(4)13-22(41)36(5)26(27)16(2)3)30(23)34-25(24(28)32)19-9-7-8-10-20(19)33/h2*6-10,13,16,18H,1,11-12,14-15H2,2-5H3/t2*18-/m11/s1. The van der Waals surface area contributed by atoms with Crippen molar-refractivity contribution in [3.05, 3.63) is 172 Å². The molecule has 2 fully saturated rings. The van der Waals surface area contributed by atoms with Crippen LogP contribution in [0.4, 0.5) is 20.4 Å². The van der Waals surface area contributed by atoms with E-state index in [1.807, 2.05) is 37.5 Å². The second kappa shape index (κ2) is 22.8. The number of carbonyl (C=O) groups is 2. The molecule has 0 spiro atoms. The number of aromatic nitrogens is 8. The van der Waals surface area contributed by atoms with Gasteiger partial charge in [-0.05, 0) is 73.2 Å². The van der Waals surface area contributed by atoms with Gasteiger partial charge in [-0.2, -0.15) is 9.97 Å². The van der Waals surface area contributed by atoms with Crippen molar-refractivity contribution in [1.29, 1.82) is 0 Å². The second-order valence-electron chi connectivity index (χ2n) is 22.2. The third kappa shape index (κ3) is 9.77.